The predicted octanol–water partition coefficient (Wildman–Crippen LogP) is 0.822. The van der Waals surface area contributed by atoms with Gasteiger partial charge in [0.05, 0.1) is 23.8 Å². The van der Waals surface area contributed by atoms with Gasteiger partial charge < -0.3 is 4.52 Å². The van der Waals surface area contributed by atoms with E-state index in [1.807, 2.05) is 0 Å². The molecule has 0 aromatic carbocycles. The molecule has 1 amide bonds. The molecule has 0 aliphatic carbocycles. The Bertz CT molecular complexity index is 506. The number of nitrogens with zero attached hydrogens (tertiary/aromatic N) is 2. The van der Waals surface area contributed by atoms with Crippen LogP contribution in [0.1, 0.15) is 16.1 Å². The van der Waals surface area contributed by atoms with E-state index < -0.39 is 0 Å². The van der Waals surface area contributed by atoms with Gasteiger partial charge in [0.1, 0.15) is 0 Å². The molecule has 0 atom stereocenters. The maximum atomic E-state index is 11.4. The Morgan fingerprint density at radius 2 is 2.40 bits per heavy atom. The molecule has 0 aliphatic heterocycles. The van der Waals surface area contributed by atoms with E-state index in [4.69, 9.17) is 4.52 Å². The van der Waals surface area contributed by atoms with E-state index in [0.29, 0.717) is 17.0 Å². The number of nitrogens with one attached hydrogen (secondary N) is 1. The molecular weight excluding hydrogens is 198 g/mol. The van der Waals surface area contributed by atoms with Crippen LogP contribution in [0.25, 0.3) is 11.1 Å². The first-order valence-electron chi connectivity index (χ1n) is 4.27. The second kappa shape index (κ2) is 3.66. The lowest BCUT2D eigenvalue weighted by Crippen LogP contribution is -2.21. The van der Waals surface area contributed by atoms with Crippen molar-refractivity contribution in [3.8, 4) is 0 Å². The summed E-state index contributed by atoms with van der Waals surface area (Å²) < 4.78 is 4.92. The zero-order valence-corrected chi connectivity index (χ0v) is 8.27. The normalized spacial score (nSPS) is 10.5. The standard InChI is InChI=1S/C9H9N3O3/c1-5-7-3-6(8(13)12-14-2)4-10-9(7)15-11-5/h3-4H,1-2H3,(H,12,13). The number of pyridine rings is 1. The van der Waals surface area contributed by atoms with Crippen molar-refractivity contribution in [2.24, 2.45) is 0 Å². The molecule has 0 spiro atoms. The molecule has 0 bridgehead atoms. The lowest BCUT2D eigenvalue weighted by molar-refractivity contribution is 0.0537. The van der Waals surface area contributed by atoms with E-state index in [2.05, 4.69) is 20.5 Å². The molecule has 2 aromatic heterocycles. The van der Waals surface area contributed by atoms with Gasteiger partial charge in [-0.1, -0.05) is 5.16 Å². The van der Waals surface area contributed by atoms with Gasteiger partial charge in [0.2, 0.25) is 0 Å². The lowest BCUT2D eigenvalue weighted by Gasteiger charge is -2.00. The Morgan fingerprint density at radius 1 is 1.60 bits per heavy atom. The molecule has 0 unspecified atom stereocenters. The number of carbonyl (C=O) groups excluding carboxylic acids is 1. The fraction of sp³-hybridized carbons (Fsp3) is 0.222. The quantitative estimate of drug-likeness (QED) is 0.738. The maximum absolute atomic E-state index is 11.4. The molecule has 0 fully saturated rings. The van der Waals surface area contributed by atoms with Gasteiger partial charge in [0, 0.05) is 6.20 Å². The molecule has 2 heterocycles. The van der Waals surface area contributed by atoms with Gasteiger partial charge in [-0.15, -0.1) is 0 Å². The molecule has 78 valence electrons. The lowest BCUT2D eigenvalue weighted by atomic mass is 10.2. The monoisotopic (exact) mass is 207 g/mol. The Hall–Kier alpha value is -1.95. The number of hydrogen-bond acceptors (Lipinski definition) is 5. The number of hydroxylamine groups is 1. The fourth-order valence-corrected chi connectivity index (χ4v) is 1.22. The van der Waals surface area contributed by atoms with Gasteiger partial charge in [0.15, 0.2) is 0 Å². The SMILES string of the molecule is CONC(=O)c1cnc2onc(C)c2c1. The largest absolute Gasteiger partial charge is 0.336 e. The second-order valence-corrected chi connectivity index (χ2v) is 2.98. The smallest absolute Gasteiger partial charge is 0.276 e. The zero-order chi connectivity index (χ0) is 10.8. The number of carbonyl (C=O) groups is 1. The van der Waals surface area contributed by atoms with Gasteiger partial charge in [-0.2, -0.15) is 0 Å². The third-order valence-electron chi connectivity index (χ3n) is 1.97. The van der Waals surface area contributed by atoms with E-state index in [1.54, 1.807) is 13.0 Å². The summed E-state index contributed by atoms with van der Waals surface area (Å²) in [5, 5.41) is 4.46. The topological polar surface area (TPSA) is 77.2 Å². The van der Waals surface area contributed by atoms with Crippen LogP contribution in [-0.4, -0.2) is 23.2 Å². The average Bonchev–Trinajstić information content (AvgIpc) is 2.60. The highest BCUT2D eigenvalue weighted by Gasteiger charge is 2.10. The van der Waals surface area contributed by atoms with Crippen LogP contribution < -0.4 is 5.48 Å². The summed E-state index contributed by atoms with van der Waals surface area (Å²) in [6.07, 6.45) is 1.40. The molecule has 0 aliphatic rings. The van der Waals surface area contributed by atoms with E-state index in [0.717, 1.165) is 5.39 Å². The Balaban J connectivity index is 2.45. The van der Waals surface area contributed by atoms with E-state index in [-0.39, 0.29) is 5.91 Å². The average molecular weight is 207 g/mol. The first kappa shape index (κ1) is 9.60. The minimum atomic E-state index is -0.354. The van der Waals surface area contributed by atoms with Gasteiger partial charge in [-0.3, -0.25) is 9.63 Å². The maximum Gasteiger partial charge on any atom is 0.276 e. The number of aryl methyl sites for hydroxylation is 1. The van der Waals surface area contributed by atoms with E-state index in [1.165, 1.54) is 13.3 Å². The summed E-state index contributed by atoms with van der Waals surface area (Å²) in [7, 11) is 1.37. The summed E-state index contributed by atoms with van der Waals surface area (Å²) in [4.78, 5) is 19.9. The van der Waals surface area contributed by atoms with Crippen LogP contribution in [0.4, 0.5) is 0 Å². The summed E-state index contributed by atoms with van der Waals surface area (Å²) in [6, 6.07) is 1.66. The number of fused-ring (bicyclic) bond motifs is 1. The molecule has 6 heteroatoms. The van der Waals surface area contributed by atoms with Crippen LogP contribution in [0.15, 0.2) is 16.8 Å². The summed E-state index contributed by atoms with van der Waals surface area (Å²) in [5.74, 6) is -0.354. The highest BCUT2D eigenvalue weighted by atomic mass is 16.6. The molecule has 15 heavy (non-hydrogen) atoms. The fourth-order valence-electron chi connectivity index (χ4n) is 1.22. The van der Waals surface area contributed by atoms with Crippen molar-refractivity contribution in [2.45, 2.75) is 6.92 Å². The van der Waals surface area contributed by atoms with Crippen molar-refractivity contribution in [1.29, 1.82) is 0 Å². The van der Waals surface area contributed by atoms with Crippen molar-refractivity contribution in [3.63, 3.8) is 0 Å². The van der Waals surface area contributed by atoms with Gasteiger partial charge in [0.25, 0.3) is 11.6 Å². The highest BCUT2D eigenvalue weighted by molar-refractivity contribution is 5.96. The van der Waals surface area contributed by atoms with E-state index >= 15 is 0 Å². The van der Waals surface area contributed by atoms with Crippen molar-refractivity contribution in [3.05, 3.63) is 23.5 Å². The minimum Gasteiger partial charge on any atom is -0.336 e. The molecular formula is C9H9N3O3. The van der Waals surface area contributed by atoms with Gasteiger partial charge in [-0.25, -0.2) is 10.5 Å². The third-order valence-corrected chi connectivity index (χ3v) is 1.97. The number of hydrogen-bond donors (Lipinski definition) is 1. The van der Waals surface area contributed by atoms with Gasteiger partial charge >= 0.3 is 0 Å². The van der Waals surface area contributed by atoms with Crippen LogP contribution in [0.5, 0.6) is 0 Å². The molecule has 1 N–H and O–H groups in total. The molecule has 0 saturated heterocycles. The zero-order valence-electron chi connectivity index (χ0n) is 8.27. The van der Waals surface area contributed by atoms with Crippen molar-refractivity contribution in [2.75, 3.05) is 7.11 Å². The number of rotatable bonds is 2. The molecule has 6 nitrogen and oxygen atoms in total. The molecule has 0 saturated carbocycles. The number of amides is 1. The first-order valence-corrected chi connectivity index (χ1v) is 4.27. The number of aromatic nitrogens is 2. The predicted molar refractivity (Wildman–Crippen MR) is 51.0 cm³/mol. The van der Waals surface area contributed by atoms with Crippen molar-refractivity contribution < 1.29 is 14.2 Å². The first-order chi connectivity index (χ1) is 7.22. The van der Waals surface area contributed by atoms with Crippen molar-refractivity contribution >= 4 is 17.0 Å². The van der Waals surface area contributed by atoms with E-state index in [9.17, 15) is 4.79 Å². The van der Waals surface area contributed by atoms with Crippen LogP contribution >= 0.6 is 0 Å². The summed E-state index contributed by atoms with van der Waals surface area (Å²) >= 11 is 0. The van der Waals surface area contributed by atoms with Crippen molar-refractivity contribution in [1.82, 2.24) is 15.6 Å². The Morgan fingerprint density at radius 3 is 3.13 bits per heavy atom. The minimum absolute atomic E-state index is 0.354. The third kappa shape index (κ3) is 1.66. The van der Waals surface area contributed by atoms with Crippen LogP contribution in [0, 0.1) is 6.92 Å². The summed E-state index contributed by atoms with van der Waals surface area (Å²) in [6.45, 7) is 1.78. The highest BCUT2D eigenvalue weighted by Crippen LogP contribution is 2.16. The van der Waals surface area contributed by atoms with Gasteiger partial charge in [-0.05, 0) is 13.0 Å². The van der Waals surface area contributed by atoms with Crippen LogP contribution in [-0.2, 0) is 4.84 Å². The Labute approximate surface area is 85.2 Å². The second-order valence-electron chi connectivity index (χ2n) is 2.98. The van der Waals surface area contributed by atoms with Crippen LogP contribution in [0.2, 0.25) is 0 Å². The Kier molecular flexibility index (Phi) is 2.34. The molecule has 2 aromatic rings. The molecule has 2 rings (SSSR count). The summed E-state index contributed by atoms with van der Waals surface area (Å²) in [5.41, 5.74) is 3.72. The molecule has 0 radical (unpaired) electrons. The van der Waals surface area contributed by atoms with Crippen LogP contribution in [0.3, 0.4) is 0 Å².